The van der Waals surface area contributed by atoms with Crippen LogP contribution < -0.4 is 0 Å². The van der Waals surface area contributed by atoms with Gasteiger partial charge in [-0.1, -0.05) is 0 Å². The molecule has 0 heterocycles. The average molecular weight is 479 g/mol. The van der Waals surface area contributed by atoms with E-state index in [1.54, 1.807) is 24.3 Å². The summed E-state index contributed by atoms with van der Waals surface area (Å²) in [6.07, 6.45) is 0. The number of aromatic hydroxyl groups is 2. The Bertz CT molecular complexity index is 1310. The summed E-state index contributed by atoms with van der Waals surface area (Å²) in [6, 6.07) is 21.7. The molecule has 0 fully saturated rings. The zero-order chi connectivity index (χ0) is 25.7. The van der Waals surface area contributed by atoms with Crippen LogP contribution in [0.25, 0.3) is 0 Å². The molecule has 0 aromatic heterocycles. The molecule has 0 spiro atoms. The third-order valence-electron chi connectivity index (χ3n) is 5.49. The van der Waals surface area contributed by atoms with Crippen molar-refractivity contribution in [1.29, 1.82) is 0 Å². The van der Waals surface area contributed by atoms with Gasteiger partial charge in [-0.05, 0) is 123 Å². The molecule has 0 saturated carbocycles. The van der Waals surface area contributed by atoms with E-state index in [2.05, 4.69) is 30.7 Å². The molecule has 0 atom stereocenters. The molecule has 36 heavy (non-hydrogen) atoms. The van der Waals surface area contributed by atoms with Gasteiger partial charge in [0.2, 0.25) is 0 Å². The largest absolute Gasteiger partial charge is 0.507 e. The molecule has 0 aliphatic carbocycles. The van der Waals surface area contributed by atoms with Crippen LogP contribution in [0.2, 0.25) is 0 Å². The van der Waals surface area contributed by atoms with Gasteiger partial charge in [-0.3, -0.25) is 0 Å². The highest BCUT2D eigenvalue weighted by Crippen LogP contribution is 2.30. The lowest BCUT2D eigenvalue weighted by atomic mass is 10.1. The summed E-state index contributed by atoms with van der Waals surface area (Å²) < 4.78 is 0. The van der Waals surface area contributed by atoms with E-state index in [0.29, 0.717) is 34.1 Å². The molecular formula is C28H26N6O2. The molecule has 8 heteroatoms. The van der Waals surface area contributed by atoms with E-state index in [9.17, 15) is 10.2 Å². The lowest BCUT2D eigenvalue weighted by molar-refractivity contribution is 0.466. The minimum absolute atomic E-state index is 0.280. The molecule has 4 rings (SSSR count). The Morgan fingerprint density at radius 3 is 0.778 bits per heavy atom. The van der Waals surface area contributed by atoms with Crippen LogP contribution >= 0.6 is 0 Å². The number of rotatable bonds is 6. The number of hydrogen-bond acceptors (Lipinski definition) is 8. The van der Waals surface area contributed by atoms with Gasteiger partial charge >= 0.3 is 0 Å². The Labute approximate surface area is 209 Å². The summed E-state index contributed by atoms with van der Waals surface area (Å²) in [5.74, 6) is 0.559. The quantitative estimate of drug-likeness (QED) is 0.269. The number of hydrogen-bond donors (Lipinski definition) is 2. The first-order valence-corrected chi connectivity index (χ1v) is 11.3. The Kier molecular flexibility index (Phi) is 7.25. The zero-order valence-electron chi connectivity index (χ0n) is 20.5. The van der Waals surface area contributed by atoms with Crippen molar-refractivity contribution in [2.24, 2.45) is 30.7 Å². The van der Waals surface area contributed by atoms with E-state index in [4.69, 9.17) is 0 Å². The molecule has 0 radical (unpaired) electrons. The maximum absolute atomic E-state index is 9.88. The predicted octanol–water partition coefficient (Wildman–Crippen LogP) is 9.58. The molecule has 0 bridgehead atoms. The Morgan fingerprint density at radius 1 is 0.361 bits per heavy atom. The lowest BCUT2D eigenvalue weighted by Crippen LogP contribution is -1.79. The number of aryl methyl sites for hydroxylation is 4. The molecular weight excluding hydrogens is 452 g/mol. The normalized spacial score (nSPS) is 11.8. The molecule has 2 N–H and O–H groups in total. The van der Waals surface area contributed by atoms with Crippen molar-refractivity contribution in [2.75, 3.05) is 0 Å². The second kappa shape index (κ2) is 10.7. The predicted molar refractivity (Wildman–Crippen MR) is 141 cm³/mol. The smallest absolute Gasteiger partial charge is 0.121 e. The van der Waals surface area contributed by atoms with Crippen molar-refractivity contribution < 1.29 is 10.2 Å². The third kappa shape index (κ3) is 6.04. The van der Waals surface area contributed by atoms with Crippen LogP contribution in [0.3, 0.4) is 0 Å². The minimum atomic E-state index is 0.280. The average Bonchev–Trinajstić information content (AvgIpc) is 2.87. The van der Waals surface area contributed by atoms with Gasteiger partial charge in [0.1, 0.15) is 11.5 Å². The summed E-state index contributed by atoms with van der Waals surface area (Å²) in [5, 5.41) is 45.3. The zero-order valence-corrected chi connectivity index (χ0v) is 20.5. The van der Waals surface area contributed by atoms with E-state index >= 15 is 0 Å². The third-order valence-corrected chi connectivity index (χ3v) is 5.49. The van der Waals surface area contributed by atoms with Gasteiger partial charge in [0.25, 0.3) is 0 Å². The minimum Gasteiger partial charge on any atom is -0.507 e. The maximum Gasteiger partial charge on any atom is 0.121 e. The molecule has 180 valence electrons. The van der Waals surface area contributed by atoms with Crippen LogP contribution in [0, 0.1) is 27.7 Å². The Hall–Kier alpha value is -4.72. The van der Waals surface area contributed by atoms with Gasteiger partial charge in [-0.25, -0.2) is 0 Å². The Morgan fingerprint density at radius 2 is 0.556 bits per heavy atom. The molecule has 0 unspecified atom stereocenters. The molecule has 8 nitrogen and oxygen atoms in total. The first kappa shape index (κ1) is 24.4. The monoisotopic (exact) mass is 478 g/mol. The summed E-state index contributed by atoms with van der Waals surface area (Å²) in [4.78, 5) is 0. The van der Waals surface area contributed by atoms with Crippen LogP contribution in [-0.4, -0.2) is 10.2 Å². The number of phenols is 2. The van der Waals surface area contributed by atoms with E-state index < -0.39 is 0 Å². The van der Waals surface area contributed by atoms with Crippen LogP contribution in [0.15, 0.2) is 103 Å². The molecule has 4 aromatic carbocycles. The van der Waals surface area contributed by atoms with Gasteiger partial charge in [-0.2, -0.15) is 30.7 Å². The van der Waals surface area contributed by atoms with Crippen molar-refractivity contribution >= 4 is 34.1 Å². The second-order valence-corrected chi connectivity index (χ2v) is 8.49. The summed E-state index contributed by atoms with van der Waals surface area (Å²) >= 11 is 0. The Balaban J connectivity index is 1.38. The van der Waals surface area contributed by atoms with E-state index in [1.165, 1.54) is 0 Å². The molecule has 4 aromatic rings. The number of azo groups is 3. The van der Waals surface area contributed by atoms with Crippen LogP contribution in [0.4, 0.5) is 34.1 Å². The summed E-state index contributed by atoms with van der Waals surface area (Å²) in [6.45, 7) is 7.33. The van der Waals surface area contributed by atoms with Crippen LogP contribution in [0.1, 0.15) is 22.3 Å². The van der Waals surface area contributed by atoms with Crippen LogP contribution in [-0.2, 0) is 0 Å². The molecule has 0 amide bonds. The molecule has 0 aliphatic heterocycles. The van der Waals surface area contributed by atoms with Crippen LogP contribution in [0.5, 0.6) is 11.5 Å². The van der Waals surface area contributed by atoms with E-state index in [-0.39, 0.29) is 11.5 Å². The summed E-state index contributed by atoms with van der Waals surface area (Å²) in [5.41, 5.74) is 7.16. The fourth-order valence-electron chi connectivity index (χ4n) is 3.50. The van der Waals surface area contributed by atoms with E-state index in [0.717, 1.165) is 22.3 Å². The lowest BCUT2D eigenvalue weighted by Gasteiger charge is -2.03. The first-order chi connectivity index (χ1) is 17.3. The number of benzene rings is 4. The van der Waals surface area contributed by atoms with E-state index in [1.807, 2.05) is 76.2 Å². The van der Waals surface area contributed by atoms with Crippen molar-refractivity contribution in [3.8, 4) is 11.5 Å². The van der Waals surface area contributed by atoms with Crippen molar-refractivity contribution in [2.45, 2.75) is 27.7 Å². The first-order valence-electron chi connectivity index (χ1n) is 11.3. The number of nitrogens with zero attached hydrogens (tertiary/aromatic N) is 6. The van der Waals surface area contributed by atoms with Crippen molar-refractivity contribution in [3.63, 3.8) is 0 Å². The highest BCUT2D eigenvalue weighted by Gasteiger charge is 2.04. The van der Waals surface area contributed by atoms with Crippen molar-refractivity contribution in [1.82, 2.24) is 0 Å². The maximum atomic E-state index is 9.88. The molecule has 0 aliphatic rings. The second-order valence-electron chi connectivity index (χ2n) is 8.49. The fourth-order valence-corrected chi connectivity index (χ4v) is 3.50. The molecule has 0 saturated heterocycles. The van der Waals surface area contributed by atoms with Gasteiger partial charge < -0.3 is 10.2 Å². The van der Waals surface area contributed by atoms with Gasteiger partial charge in [0.05, 0.1) is 34.1 Å². The SMILES string of the molecule is Cc1cc(N=Nc2ccc(N=Nc3ccc(N=Nc4cc(C)c(O)c(C)c4)cc3)cc2)cc(C)c1O. The highest BCUT2D eigenvalue weighted by molar-refractivity contribution is 5.54. The van der Waals surface area contributed by atoms with Gasteiger partial charge in [-0.15, -0.1) is 0 Å². The van der Waals surface area contributed by atoms with Gasteiger partial charge in [0.15, 0.2) is 0 Å². The fraction of sp³-hybridized carbons (Fsp3) is 0.143. The summed E-state index contributed by atoms with van der Waals surface area (Å²) in [7, 11) is 0. The standard InChI is InChI=1S/C28H26N6O2/c1-17-13-25(14-18(2)27(17)35)33-31-23-9-5-21(6-10-23)29-30-22-7-11-24(12-8-22)32-34-26-15-19(3)28(36)20(4)16-26/h5-16,35-36H,1-4H3. The van der Waals surface area contributed by atoms with Gasteiger partial charge in [0, 0.05) is 0 Å². The number of phenolic OH excluding ortho intramolecular Hbond substituents is 2. The van der Waals surface area contributed by atoms with Crippen molar-refractivity contribution in [3.05, 3.63) is 95.1 Å². The highest BCUT2D eigenvalue weighted by atomic mass is 16.3. The topological polar surface area (TPSA) is 115 Å².